The number of ether oxygens (including phenoxy) is 2. The van der Waals surface area contributed by atoms with E-state index in [4.69, 9.17) is 9.47 Å². The van der Waals surface area contributed by atoms with Crippen molar-refractivity contribution in [1.29, 1.82) is 0 Å². The maximum absolute atomic E-state index is 13.6. The molecule has 0 aliphatic rings. The largest absolute Gasteiger partial charge is 0.507 e. The van der Waals surface area contributed by atoms with E-state index in [-0.39, 0.29) is 22.9 Å². The zero-order valence-corrected chi connectivity index (χ0v) is 19.5. The Morgan fingerprint density at radius 2 is 1.74 bits per heavy atom. The standard InChI is InChI=1S/C24H25N3O6S/c1-32-20-12-13-22(33-2)23(14-20)34(30,31)27(16-18-8-4-3-5-9-18)17-24(29)26-25-15-19-10-6-7-11-21(19)28/h3-15,28H,16-17H2,1-2H3,(H,26,29)/b25-15+. The van der Waals surface area contributed by atoms with Crippen molar-refractivity contribution < 1.29 is 27.8 Å². The lowest BCUT2D eigenvalue weighted by atomic mass is 10.2. The molecule has 9 nitrogen and oxygen atoms in total. The molecular weight excluding hydrogens is 458 g/mol. The predicted octanol–water partition coefficient (Wildman–Crippen LogP) is 2.75. The van der Waals surface area contributed by atoms with E-state index in [0.717, 1.165) is 4.31 Å². The molecular formula is C24H25N3O6S. The van der Waals surface area contributed by atoms with Crippen LogP contribution in [0.2, 0.25) is 0 Å². The monoisotopic (exact) mass is 483 g/mol. The molecule has 2 N–H and O–H groups in total. The smallest absolute Gasteiger partial charge is 0.255 e. The van der Waals surface area contributed by atoms with Crippen molar-refractivity contribution in [3.63, 3.8) is 0 Å². The molecule has 10 heteroatoms. The summed E-state index contributed by atoms with van der Waals surface area (Å²) in [7, 11) is -1.39. The topological polar surface area (TPSA) is 118 Å². The first-order valence-electron chi connectivity index (χ1n) is 10.2. The second-order valence-electron chi connectivity index (χ2n) is 7.13. The minimum atomic E-state index is -4.18. The maximum atomic E-state index is 13.6. The number of nitrogens with zero attached hydrogens (tertiary/aromatic N) is 2. The zero-order valence-electron chi connectivity index (χ0n) is 18.7. The van der Waals surface area contributed by atoms with Gasteiger partial charge in [-0.2, -0.15) is 9.41 Å². The van der Waals surface area contributed by atoms with Crippen molar-refractivity contribution in [3.05, 3.63) is 83.9 Å². The predicted molar refractivity (Wildman–Crippen MR) is 127 cm³/mol. The Balaban J connectivity index is 1.88. The van der Waals surface area contributed by atoms with Crippen molar-refractivity contribution in [2.45, 2.75) is 11.4 Å². The fraction of sp³-hybridized carbons (Fsp3) is 0.167. The lowest BCUT2D eigenvalue weighted by Crippen LogP contribution is -2.39. The number of rotatable bonds is 10. The highest BCUT2D eigenvalue weighted by Gasteiger charge is 2.30. The molecule has 0 atom stereocenters. The van der Waals surface area contributed by atoms with Gasteiger partial charge in [-0.25, -0.2) is 13.8 Å². The first kappa shape index (κ1) is 24.7. The number of sulfonamides is 1. The van der Waals surface area contributed by atoms with Gasteiger partial charge in [0.15, 0.2) is 0 Å². The van der Waals surface area contributed by atoms with Crippen LogP contribution in [-0.2, 0) is 21.4 Å². The highest BCUT2D eigenvalue weighted by atomic mass is 32.2. The number of carbonyl (C=O) groups excluding carboxylic acids is 1. The highest BCUT2D eigenvalue weighted by Crippen LogP contribution is 2.31. The van der Waals surface area contributed by atoms with Crippen LogP contribution in [0, 0.1) is 0 Å². The number of amides is 1. The molecule has 0 saturated heterocycles. The van der Waals surface area contributed by atoms with E-state index in [2.05, 4.69) is 10.5 Å². The number of hydrazone groups is 1. The van der Waals surface area contributed by atoms with Crippen LogP contribution in [-0.4, -0.2) is 50.7 Å². The number of hydrogen-bond acceptors (Lipinski definition) is 7. The molecule has 178 valence electrons. The highest BCUT2D eigenvalue weighted by molar-refractivity contribution is 7.89. The maximum Gasteiger partial charge on any atom is 0.255 e. The number of hydrogen-bond donors (Lipinski definition) is 2. The Morgan fingerprint density at radius 3 is 2.41 bits per heavy atom. The van der Waals surface area contributed by atoms with Crippen molar-refractivity contribution in [2.75, 3.05) is 20.8 Å². The molecule has 3 rings (SSSR count). The van der Waals surface area contributed by atoms with Gasteiger partial charge in [-0.3, -0.25) is 4.79 Å². The first-order valence-corrected chi connectivity index (χ1v) is 11.6. The van der Waals surface area contributed by atoms with Crippen LogP contribution in [0.5, 0.6) is 17.2 Å². The molecule has 0 spiro atoms. The van der Waals surface area contributed by atoms with Gasteiger partial charge in [0, 0.05) is 18.2 Å². The van der Waals surface area contributed by atoms with Crippen molar-refractivity contribution in [1.82, 2.24) is 9.73 Å². The molecule has 0 saturated carbocycles. The molecule has 0 aliphatic carbocycles. The molecule has 34 heavy (non-hydrogen) atoms. The van der Waals surface area contributed by atoms with Crippen LogP contribution in [0.25, 0.3) is 0 Å². The van der Waals surface area contributed by atoms with Gasteiger partial charge in [-0.15, -0.1) is 0 Å². The zero-order chi connectivity index (χ0) is 24.6. The number of carbonyl (C=O) groups is 1. The normalized spacial score (nSPS) is 11.5. The number of methoxy groups -OCH3 is 2. The van der Waals surface area contributed by atoms with Crippen LogP contribution >= 0.6 is 0 Å². The third-order valence-electron chi connectivity index (χ3n) is 4.84. The minimum Gasteiger partial charge on any atom is -0.507 e. The van der Waals surface area contributed by atoms with Gasteiger partial charge in [0.05, 0.1) is 27.0 Å². The fourth-order valence-corrected chi connectivity index (χ4v) is 4.66. The summed E-state index contributed by atoms with van der Waals surface area (Å²) in [4.78, 5) is 12.5. The Hall–Kier alpha value is -3.89. The number of benzene rings is 3. The summed E-state index contributed by atoms with van der Waals surface area (Å²) in [5.74, 6) is -0.209. The Bertz CT molecular complexity index is 1260. The molecule has 0 bridgehead atoms. The summed E-state index contributed by atoms with van der Waals surface area (Å²) in [6, 6.07) is 19.8. The number of phenolic OH excluding ortho intramolecular Hbond substituents is 1. The van der Waals surface area contributed by atoms with E-state index in [9.17, 15) is 18.3 Å². The molecule has 0 aliphatic heterocycles. The van der Waals surface area contributed by atoms with Crippen LogP contribution < -0.4 is 14.9 Å². The van der Waals surface area contributed by atoms with Gasteiger partial charge >= 0.3 is 0 Å². The van der Waals surface area contributed by atoms with E-state index in [1.165, 1.54) is 38.6 Å². The van der Waals surface area contributed by atoms with Gasteiger partial charge in [0.2, 0.25) is 10.0 Å². The van der Waals surface area contributed by atoms with Crippen molar-refractivity contribution in [3.8, 4) is 17.2 Å². The second kappa shape index (κ2) is 11.3. The minimum absolute atomic E-state index is 0.00102. The molecule has 1 amide bonds. The molecule has 0 unspecified atom stereocenters. The van der Waals surface area contributed by atoms with Crippen molar-refractivity contribution in [2.24, 2.45) is 5.10 Å². The van der Waals surface area contributed by atoms with Gasteiger partial charge < -0.3 is 14.6 Å². The first-order chi connectivity index (χ1) is 16.3. The summed E-state index contributed by atoms with van der Waals surface area (Å²) >= 11 is 0. The van der Waals surface area contributed by atoms with Crippen LogP contribution in [0.1, 0.15) is 11.1 Å². The Kier molecular flexibility index (Phi) is 8.23. The van der Waals surface area contributed by atoms with Gasteiger partial charge in [-0.05, 0) is 29.8 Å². The van der Waals surface area contributed by atoms with Crippen LogP contribution in [0.3, 0.4) is 0 Å². The Morgan fingerprint density at radius 1 is 1.03 bits per heavy atom. The van der Waals surface area contributed by atoms with E-state index in [1.807, 2.05) is 6.07 Å². The van der Waals surface area contributed by atoms with E-state index in [1.54, 1.807) is 48.5 Å². The molecule has 0 heterocycles. The molecule has 3 aromatic rings. The lowest BCUT2D eigenvalue weighted by Gasteiger charge is -2.23. The van der Waals surface area contributed by atoms with Gasteiger partial charge in [-0.1, -0.05) is 42.5 Å². The third-order valence-corrected chi connectivity index (χ3v) is 6.65. The third kappa shape index (κ3) is 6.12. The molecule has 0 fully saturated rings. The van der Waals surface area contributed by atoms with E-state index < -0.39 is 22.5 Å². The molecule has 0 aromatic heterocycles. The number of phenols is 1. The summed E-state index contributed by atoms with van der Waals surface area (Å²) in [6.45, 7) is -0.560. The Labute approximate surface area is 198 Å². The van der Waals surface area contributed by atoms with E-state index >= 15 is 0 Å². The number of para-hydroxylation sites is 1. The summed E-state index contributed by atoms with van der Waals surface area (Å²) < 4.78 is 38.7. The summed E-state index contributed by atoms with van der Waals surface area (Å²) in [5, 5.41) is 13.6. The van der Waals surface area contributed by atoms with Gasteiger partial charge in [0.25, 0.3) is 5.91 Å². The molecule has 3 aromatic carbocycles. The average Bonchev–Trinajstić information content (AvgIpc) is 2.85. The number of nitrogens with one attached hydrogen (secondary N) is 1. The van der Waals surface area contributed by atoms with Gasteiger partial charge in [0.1, 0.15) is 22.1 Å². The van der Waals surface area contributed by atoms with Crippen LogP contribution in [0.4, 0.5) is 0 Å². The number of aromatic hydroxyl groups is 1. The van der Waals surface area contributed by atoms with Crippen molar-refractivity contribution >= 4 is 22.1 Å². The molecule has 0 radical (unpaired) electrons. The lowest BCUT2D eigenvalue weighted by molar-refractivity contribution is -0.121. The SMILES string of the molecule is COc1ccc(OC)c(S(=O)(=O)N(CC(=O)N/N=C/c2ccccc2O)Cc2ccccc2)c1. The fourth-order valence-electron chi connectivity index (χ4n) is 3.10. The second-order valence-corrected chi connectivity index (χ2v) is 9.03. The summed E-state index contributed by atoms with van der Waals surface area (Å²) in [6.07, 6.45) is 1.27. The van der Waals surface area contributed by atoms with E-state index in [0.29, 0.717) is 16.9 Å². The average molecular weight is 484 g/mol. The van der Waals surface area contributed by atoms with Crippen LogP contribution in [0.15, 0.2) is 82.8 Å². The quantitative estimate of drug-likeness (QED) is 0.338. The summed E-state index contributed by atoms with van der Waals surface area (Å²) in [5.41, 5.74) is 3.40.